The van der Waals surface area contributed by atoms with E-state index >= 15 is 0 Å². The van der Waals surface area contributed by atoms with Crippen molar-refractivity contribution in [1.29, 1.82) is 0 Å². The minimum atomic E-state index is -0.472. The van der Waals surface area contributed by atoms with Crippen molar-refractivity contribution in [2.45, 2.75) is 46.6 Å². The third kappa shape index (κ3) is 3.66. The lowest BCUT2D eigenvalue weighted by Gasteiger charge is -2.29. The molecule has 2 unspecified atom stereocenters. The molecule has 0 aromatic carbocycles. The van der Waals surface area contributed by atoms with Crippen LogP contribution >= 0.6 is 0 Å². The van der Waals surface area contributed by atoms with E-state index in [9.17, 15) is 4.79 Å². The molecule has 84 valence electrons. The van der Waals surface area contributed by atoms with Crippen molar-refractivity contribution >= 4 is 5.91 Å². The van der Waals surface area contributed by atoms with Crippen LogP contribution in [0.15, 0.2) is 0 Å². The summed E-state index contributed by atoms with van der Waals surface area (Å²) in [5, 5.41) is 12.0. The van der Waals surface area contributed by atoms with Gasteiger partial charge in [0.15, 0.2) is 0 Å². The Balaban J connectivity index is 4.30. The lowest BCUT2D eigenvalue weighted by Crippen LogP contribution is -2.50. The number of amides is 1. The first-order valence-electron chi connectivity index (χ1n) is 5.29. The number of aliphatic hydroxyl groups excluding tert-OH is 1. The molecule has 1 amide bonds. The molecule has 0 aliphatic rings. The zero-order valence-corrected chi connectivity index (χ0v) is 9.92. The number of rotatable bonds is 5. The largest absolute Gasteiger partial charge is 0.394 e. The third-order valence-electron chi connectivity index (χ3n) is 2.97. The number of nitrogens with one attached hydrogen (secondary N) is 1. The first-order chi connectivity index (χ1) is 6.36. The summed E-state index contributed by atoms with van der Waals surface area (Å²) in [5.74, 6) is 0.348. The maximum Gasteiger partial charge on any atom is 0.223 e. The maximum absolute atomic E-state index is 11.7. The normalized spacial score (nSPS) is 17.6. The molecule has 0 radical (unpaired) electrons. The van der Waals surface area contributed by atoms with Gasteiger partial charge in [0.2, 0.25) is 5.91 Å². The standard InChI is InChI=1S/C11H23NO2/c1-6-11(5,7-13)12-10(14)9(4)8(2)3/h8-9,13H,6-7H2,1-5H3,(H,12,14). The van der Waals surface area contributed by atoms with Gasteiger partial charge in [0, 0.05) is 5.92 Å². The summed E-state index contributed by atoms with van der Waals surface area (Å²) < 4.78 is 0. The van der Waals surface area contributed by atoms with Crippen molar-refractivity contribution in [2.24, 2.45) is 11.8 Å². The maximum atomic E-state index is 11.7. The van der Waals surface area contributed by atoms with Crippen LogP contribution in [0.4, 0.5) is 0 Å². The molecule has 14 heavy (non-hydrogen) atoms. The second-order valence-electron chi connectivity index (χ2n) is 4.59. The highest BCUT2D eigenvalue weighted by Gasteiger charge is 2.26. The third-order valence-corrected chi connectivity index (χ3v) is 2.97. The fraction of sp³-hybridized carbons (Fsp3) is 0.909. The zero-order chi connectivity index (χ0) is 11.4. The Bertz CT molecular complexity index is 186. The van der Waals surface area contributed by atoms with E-state index in [0.29, 0.717) is 5.92 Å². The lowest BCUT2D eigenvalue weighted by molar-refractivity contribution is -0.128. The molecular formula is C11H23NO2. The summed E-state index contributed by atoms with van der Waals surface area (Å²) in [6.07, 6.45) is 0.736. The molecule has 3 nitrogen and oxygen atoms in total. The van der Waals surface area contributed by atoms with E-state index in [1.165, 1.54) is 0 Å². The molecule has 0 saturated carbocycles. The highest BCUT2D eigenvalue weighted by molar-refractivity contribution is 5.79. The van der Waals surface area contributed by atoms with Gasteiger partial charge < -0.3 is 10.4 Å². The highest BCUT2D eigenvalue weighted by Crippen LogP contribution is 2.13. The van der Waals surface area contributed by atoms with Crippen molar-refractivity contribution < 1.29 is 9.90 Å². The van der Waals surface area contributed by atoms with Crippen molar-refractivity contribution in [1.82, 2.24) is 5.32 Å². The van der Waals surface area contributed by atoms with Crippen LogP contribution in [0, 0.1) is 11.8 Å². The molecule has 0 aliphatic heterocycles. The smallest absolute Gasteiger partial charge is 0.223 e. The molecule has 0 aliphatic carbocycles. The summed E-state index contributed by atoms with van der Waals surface area (Å²) in [5.41, 5.74) is -0.472. The fourth-order valence-electron chi connectivity index (χ4n) is 0.954. The number of carbonyl (C=O) groups is 1. The van der Waals surface area contributed by atoms with E-state index in [4.69, 9.17) is 5.11 Å². The average Bonchev–Trinajstić information content (AvgIpc) is 2.16. The molecule has 0 aromatic rings. The van der Waals surface area contributed by atoms with Gasteiger partial charge in [-0.1, -0.05) is 27.7 Å². The predicted octanol–water partition coefficient (Wildman–Crippen LogP) is 1.56. The van der Waals surface area contributed by atoms with Crippen LogP contribution in [-0.4, -0.2) is 23.2 Å². The van der Waals surface area contributed by atoms with Crippen molar-refractivity contribution in [3.05, 3.63) is 0 Å². The van der Waals surface area contributed by atoms with Crippen LogP contribution in [0.1, 0.15) is 41.0 Å². The Hall–Kier alpha value is -0.570. The zero-order valence-electron chi connectivity index (χ0n) is 9.92. The van der Waals surface area contributed by atoms with Crippen LogP contribution in [0.2, 0.25) is 0 Å². The molecule has 0 spiro atoms. The monoisotopic (exact) mass is 201 g/mol. The van der Waals surface area contributed by atoms with Gasteiger partial charge in [-0.2, -0.15) is 0 Å². The fourth-order valence-corrected chi connectivity index (χ4v) is 0.954. The predicted molar refractivity (Wildman–Crippen MR) is 57.9 cm³/mol. The van der Waals surface area contributed by atoms with E-state index in [1.54, 1.807) is 0 Å². The quantitative estimate of drug-likeness (QED) is 0.709. The Morgan fingerprint density at radius 3 is 2.21 bits per heavy atom. The Morgan fingerprint density at radius 1 is 1.43 bits per heavy atom. The molecule has 0 saturated heterocycles. The van der Waals surface area contributed by atoms with E-state index < -0.39 is 5.54 Å². The summed E-state index contributed by atoms with van der Waals surface area (Å²) >= 11 is 0. The molecular weight excluding hydrogens is 178 g/mol. The summed E-state index contributed by atoms with van der Waals surface area (Å²) in [7, 11) is 0. The Labute approximate surface area is 86.9 Å². The first-order valence-corrected chi connectivity index (χ1v) is 5.29. The average molecular weight is 201 g/mol. The second-order valence-corrected chi connectivity index (χ2v) is 4.59. The van der Waals surface area contributed by atoms with Gasteiger partial charge in [0.05, 0.1) is 12.1 Å². The highest BCUT2D eigenvalue weighted by atomic mass is 16.3. The van der Waals surface area contributed by atoms with Gasteiger partial charge in [-0.3, -0.25) is 4.79 Å². The molecule has 0 bridgehead atoms. The van der Waals surface area contributed by atoms with E-state index in [0.717, 1.165) is 6.42 Å². The number of hydrogen-bond acceptors (Lipinski definition) is 2. The van der Waals surface area contributed by atoms with Gasteiger partial charge in [-0.25, -0.2) is 0 Å². The Kier molecular flexibility index (Phi) is 5.13. The number of carbonyl (C=O) groups excluding carboxylic acids is 1. The van der Waals surface area contributed by atoms with Gasteiger partial charge in [-0.05, 0) is 19.3 Å². The molecule has 0 fully saturated rings. The van der Waals surface area contributed by atoms with Gasteiger partial charge >= 0.3 is 0 Å². The van der Waals surface area contributed by atoms with Gasteiger partial charge in [0.1, 0.15) is 0 Å². The van der Waals surface area contributed by atoms with Crippen LogP contribution in [0.5, 0.6) is 0 Å². The molecule has 3 heteroatoms. The lowest BCUT2D eigenvalue weighted by atomic mass is 9.94. The van der Waals surface area contributed by atoms with E-state index in [1.807, 2.05) is 34.6 Å². The van der Waals surface area contributed by atoms with Crippen molar-refractivity contribution in [3.63, 3.8) is 0 Å². The second kappa shape index (κ2) is 5.35. The van der Waals surface area contributed by atoms with Crippen LogP contribution in [-0.2, 0) is 4.79 Å². The van der Waals surface area contributed by atoms with Crippen molar-refractivity contribution in [2.75, 3.05) is 6.61 Å². The van der Waals surface area contributed by atoms with Crippen molar-refractivity contribution in [3.8, 4) is 0 Å². The SMILES string of the molecule is CCC(C)(CO)NC(=O)C(C)C(C)C. The number of aliphatic hydroxyl groups is 1. The van der Waals surface area contributed by atoms with E-state index in [2.05, 4.69) is 5.32 Å². The van der Waals surface area contributed by atoms with Gasteiger partial charge in [-0.15, -0.1) is 0 Å². The topological polar surface area (TPSA) is 49.3 Å². The molecule has 2 N–H and O–H groups in total. The molecule has 0 rings (SSSR count). The molecule has 0 heterocycles. The summed E-state index contributed by atoms with van der Waals surface area (Å²) in [6.45, 7) is 9.75. The minimum absolute atomic E-state index is 0.00701. The van der Waals surface area contributed by atoms with Gasteiger partial charge in [0.25, 0.3) is 0 Å². The van der Waals surface area contributed by atoms with E-state index in [-0.39, 0.29) is 18.4 Å². The summed E-state index contributed by atoms with van der Waals surface area (Å²) in [6, 6.07) is 0. The first kappa shape index (κ1) is 13.4. The summed E-state index contributed by atoms with van der Waals surface area (Å²) in [4.78, 5) is 11.7. The van der Waals surface area contributed by atoms with Crippen LogP contribution < -0.4 is 5.32 Å². The number of hydrogen-bond donors (Lipinski definition) is 2. The molecule has 0 aromatic heterocycles. The molecule has 2 atom stereocenters. The van der Waals surface area contributed by atoms with Crippen LogP contribution in [0.25, 0.3) is 0 Å². The minimum Gasteiger partial charge on any atom is -0.394 e. The van der Waals surface area contributed by atoms with Crippen LogP contribution in [0.3, 0.4) is 0 Å². The Morgan fingerprint density at radius 2 is 1.93 bits per heavy atom.